The molecule has 0 bridgehead atoms. The number of phosphoric ester groups is 1. The minimum absolute atomic E-state index is 0.0430. The molecule has 1 saturated carbocycles. The maximum atomic E-state index is 13.1. The molecule has 2 unspecified atom stereocenters. The van der Waals surface area contributed by atoms with Crippen LogP contribution in [0, 0.1) is 12.0 Å². The van der Waals surface area contributed by atoms with Gasteiger partial charge in [-0.05, 0) is 38.3 Å². The third-order valence-electron chi connectivity index (χ3n) is 5.50. The first-order valence-electron chi connectivity index (χ1n) is 10.1. The summed E-state index contributed by atoms with van der Waals surface area (Å²) in [6, 6.07) is 20.7. The lowest BCUT2D eigenvalue weighted by molar-refractivity contribution is 0.0300. The standard InChI is InChI=1S/C23H30O5P/c1-5-26-29(24,27-6-2)28-22(18(3)25-4)21-17-23(21,19-13-9-7-10-14-19)20-15-11-8-12-16-20/h7-16,21-22H,5-6,17H2,1-4H3. The van der Waals surface area contributed by atoms with Crippen LogP contribution in [-0.4, -0.2) is 26.4 Å². The number of methoxy groups -OCH3 is 1. The fourth-order valence-electron chi connectivity index (χ4n) is 4.06. The molecule has 157 valence electrons. The van der Waals surface area contributed by atoms with Gasteiger partial charge in [0.1, 0.15) is 12.2 Å². The highest BCUT2D eigenvalue weighted by Gasteiger charge is 2.62. The van der Waals surface area contributed by atoms with Crippen LogP contribution in [0.15, 0.2) is 60.7 Å². The molecule has 5 nitrogen and oxygen atoms in total. The lowest BCUT2D eigenvalue weighted by atomic mass is 9.84. The topological polar surface area (TPSA) is 54.0 Å². The van der Waals surface area contributed by atoms with E-state index in [2.05, 4.69) is 24.3 Å². The fraction of sp³-hybridized carbons (Fsp3) is 0.435. The van der Waals surface area contributed by atoms with E-state index in [9.17, 15) is 4.57 Å². The Hall–Kier alpha value is -1.49. The summed E-state index contributed by atoms with van der Waals surface area (Å²) in [7, 11) is -2.09. The van der Waals surface area contributed by atoms with Crippen LogP contribution in [-0.2, 0) is 28.3 Å². The lowest BCUT2D eigenvalue weighted by Gasteiger charge is -2.29. The third-order valence-corrected chi connectivity index (χ3v) is 7.13. The average Bonchev–Trinajstić information content (AvgIpc) is 3.50. The minimum Gasteiger partial charge on any atom is -0.373 e. The number of hydrogen-bond donors (Lipinski definition) is 0. The van der Waals surface area contributed by atoms with E-state index in [0.717, 1.165) is 6.42 Å². The van der Waals surface area contributed by atoms with Gasteiger partial charge in [-0.1, -0.05) is 60.7 Å². The van der Waals surface area contributed by atoms with Crippen LogP contribution in [0.5, 0.6) is 0 Å². The van der Waals surface area contributed by atoms with Crippen molar-refractivity contribution in [1.29, 1.82) is 0 Å². The van der Waals surface area contributed by atoms with E-state index in [0.29, 0.717) is 6.10 Å². The molecule has 0 aromatic heterocycles. The molecule has 0 aliphatic heterocycles. The van der Waals surface area contributed by atoms with Gasteiger partial charge in [0.2, 0.25) is 0 Å². The van der Waals surface area contributed by atoms with Crippen molar-refractivity contribution in [1.82, 2.24) is 0 Å². The van der Waals surface area contributed by atoms with Crippen LogP contribution in [0.1, 0.15) is 38.3 Å². The van der Waals surface area contributed by atoms with E-state index in [1.165, 1.54) is 11.1 Å². The molecule has 0 saturated heterocycles. The molecular formula is C23H30O5P. The SMILES string of the molecule is CCOP(=O)(OCC)OC([C](C)OC)C1CC1(c1ccccc1)c1ccccc1. The largest absolute Gasteiger partial charge is 0.475 e. The molecular weight excluding hydrogens is 387 g/mol. The highest BCUT2D eigenvalue weighted by molar-refractivity contribution is 7.48. The molecule has 6 heteroatoms. The first kappa shape index (κ1) is 22.2. The zero-order valence-corrected chi connectivity index (χ0v) is 18.4. The van der Waals surface area contributed by atoms with Gasteiger partial charge < -0.3 is 4.74 Å². The summed E-state index contributed by atoms with van der Waals surface area (Å²) < 4.78 is 35.5. The van der Waals surface area contributed by atoms with E-state index in [-0.39, 0.29) is 24.5 Å². The van der Waals surface area contributed by atoms with Gasteiger partial charge in [0.15, 0.2) is 0 Å². The highest BCUT2D eigenvalue weighted by Crippen LogP contribution is 2.65. The number of phosphoric acid groups is 1. The zero-order chi connectivity index (χ0) is 20.9. The Labute approximate surface area is 174 Å². The summed E-state index contributed by atoms with van der Waals surface area (Å²) in [5.74, 6) is 0.0430. The molecule has 0 spiro atoms. The molecule has 29 heavy (non-hydrogen) atoms. The smallest absolute Gasteiger partial charge is 0.373 e. The van der Waals surface area contributed by atoms with E-state index in [4.69, 9.17) is 18.3 Å². The molecule has 0 heterocycles. The van der Waals surface area contributed by atoms with Gasteiger partial charge in [-0.3, -0.25) is 13.6 Å². The third kappa shape index (κ3) is 4.65. The summed E-state index contributed by atoms with van der Waals surface area (Å²) in [5, 5.41) is 0. The quantitative estimate of drug-likeness (QED) is 0.435. The van der Waals surface area contributed by atoms with Gasteiger partial charge in [0.25, 0.3) is 0 Å². The summed E-state index contributed by atoms with van der Waals surface area (Å²) in [6.07, 6.45) is 0.984. The van der Waals surface area contributed by atoms with Crippen molar-refractivity contribution >= 4 is 7.82 Å². The van der Waals surface area contributed by atoms with Crippen molar-refractivity contribution in [2.24, 2.45) is 5.92 Å². The van der Waals surface area contributed by atoms with Crippen molar-refractivity contribution < 1.29 is 22.9 Å². The molecule has 2 aromatic rings. The number of ether oxygens (including phenoxy) is 1. The van der Waals surface area contributed by atoms with Gasteiger partial charge in [-0.25, -0.2) is 4.57 Å². The molecule has 3 rings (SSSR count). The second kappa shape index (κ2) is 9.55. The monoisotopic (exact) mass is 417 g/mol. The maximum Gasteiger partial charge on any atom is 0.475 e. The Balaban J connectivity index is 1.99. The van der Waals surface area contributed by atoms with Gasteiger partial charge in [-0.15, -0.1) is 0 Å². The van der Waals surface area contributed by atoms with Crippen molar-refractivity contribution in [2.75, 3.05) is 20.3 Å². The van der Waals surface area contributed by atoms with Gasteiger partial charge >= 0.3 is 7.82 Å². The minimum atomic E-state index is -3.70. The number of hydrogen-bond acceptors (Lipinski definition) is 5. The zero-order valence-electron chi connectivity index (χ0n) is 17.5. The molecule has 1 aliphatic rings. The highest BCUT2D eigenvalue weighted by atomic mass is 31.2. The average molecular weight is 417 g/mol. The summed E-state index contributed by atoms with van der Waals surface area (Å²) >= 11 is 0. The van der Waals surface area contributed by atoms with Crippen LogP contribution in [0.3, 0.4) is 0 Å². The molecule has 1 fully saturated rings. The summed E-state index contributed by atoms with van der Waals surface area (Å²) in [5.41, 5.74) is 2.17. The van der Waals surface area contributed by atoms with Crippen LogP contribution in [0.2, 0.25) is 0 Å². The van der Waals surface area contributed by atoms with Crippen molar-refractivity contribution in [3.8, 4) is 0 Å². The Morgan fingerprint density at radius 1 is 1.00 bits per heavy atom. The van der Waals surface area contributed by atoms with Crippen molar-refractivity contribution in [3.05, 3.63) is 77.9 Å². The first-order chi connectivity index (χ1) is 14.0. The fourth-order valence-corrected chi connectivity index (χ4v) is 5.46. The molecule has 0 N–H and O–H groups in total. The molecule has 1 radical (unpaired) electrons. The van der Waals surface area contributed by atoms with Crippen molar-refractivity contribution in [2.45, 2.75) is 38.7 Å². The Bertz CT molecular complexity index is 761. The van der Waals surface area contributed by atoms with E-state index >= 15 is 0 Å². The summed E-state index contributed by atoms with van der Waals surface area (Å²) in [4.78, 5) is 0. The molecule has 1 aliphatic carbocycles. The summed E-state index contributed by atoms with van der Waals surface area (Å²) in [6.45, 7) is 5.87. The van der Waals surface area contributed by atoms with Crippen molar-refractivity contribution in [3.63, 3.8) is 0 Å². The van der Waals surface area contributed by atoms with Crippen LogP contribution in [0.4, 0.5) is 0 Å². The Kier molecular flexibility index (Phi) is 7.31. The van der Waals surface area contributed by atoms with Gasteiger partial charge in [0.05, 0.1) is 13.2 Å². The maximum absolute atomic E-state index is 13.1. The normalized spacial score (nSPS) is 19.3. The molecule has 2 aromatic carbocycles. The van der Waals surface area contributed by atoms with Crippen LogP contribution < -0.4 is 0 Å². The molecule has 0 amide bonds. The Morgan fingerprint density at radius 2 is 1.48 bits per heavy atom. The second-order valence-corrected chi connectivity index (χ2v) is 8.76. The number of rotatable bonds is 11. The second-order valence-electron chi connectivity index (χ2n) is 7.14. The predicted octanol–water partition coefficient (Wildman–Crippen LogP) is 5.76. The van der Waals surface area contributed by atoms with Crippen LogP contribution in [0.25, 0.3) is 0 Å². The van der Waals surface area contributed by atoms with Gasteiger partial charge in [-0.2, -0.15) is 0 Å². The predicted molar refractivity (Wildman–Crippen MR) is 113 cm³/mol. The van der Waals surface area contributed by atoms with Gasteiger partial charge in [0, 0.05) is 18.4 Å². The first-order valence-corrected chi connectivity index (χ1v) is 11.5. The van der Waals surface area contributed by atoms with Crippen LogP contribution >= 0.6 is 7.82 Å². The van der Waals surface area contributed by atoms with E-state index in [1.54, 1.807) is 21.0 Å². The van der Waals surface area contributed by atoms with E-state index < -0.39 is 13.9 Å². The number of benzene rings is 2. The Morgan fingerprint density at radius 3 is 1.90 bits per heavy atom. The lowest BCUT2D eigenvalue weighted by Crippen LogP contribution is -2.29. The molecule has 2 atom stereocenters. The van der Waals surface area contributed by atoms with E-state index in [1.807, 2.05) is 43.3 Å².